The minimum Gasteiger partial charge on any atom is -0.495 e. The van der Waals surface area contributed by atoms with E-state index in [0.717, 1.165) is 11.1 Å². The Labute approximate surface area is 192 Å². The molecule has 3 aromatic carbocycles. The predicted octanol–water partition coefficient (Wildman–Crippen LogP) is 7.37. The number of carboxylic acids is 1. The number of methoxy groups -OCH3 is 1. The Balaban J connectivity index is 1.50. The first kappa shape index (κ1) is 22.2. The average Bonchev–Trinajstić information content (AvgIpc) is 2.83. The van der Waals surface area contributed by atoms with E-state index in [2.05, 4.69) is 29.0 Å². The van der Waals surface area contributed by atoms with Gasteiger partial charge in [-0.05, 0) is 83.8 Å². The van der Waals surface area contributed by atoms with Crippen molar-refractivity contribution in [2.24, 2.45) is 0 Å². The van der Waals surface area contributed by atoms with Gasteiger partial charge in [0.25, 0.3) is 0 Å². The summed E-state index contributed by atoms with van der Waals surface area (Å²) in [4.78, 5) is 11.9. The van der Waals surface area contributed by atoms with E-state index in [1.165, 1.54) is 74.9 Å². The molecule has 0 heterocycles. The Bertz CT molecular complexity index is 1090. The lowest BCUT2D eigenvalue weighted by Gasteiger charge is -2.22. The smallest absolute Gasteiger partial charge is 0.335 e. The summed E-state index contributed by atoms with van der Waals surface area (Å²) in [5, 5.41) is 9.14. The second-order valence-electron chi connectivity index (χ2n) is 8.06. The number of anilines is 1. The maximum Gasteiger partial charge on any atom is 0.335 e. The zero-order valence-corrected chi connectivity index (χ0v) is 18.8. The summed E-state index contributed by atoms with van der Waals surface area (Å²) in [5.74, 6) is -0.279. The van der Waals surface area contributed by atoms with Crippen molar-refractivity contribution >= 4 is 23.6 Å². The highest BCUT2D eigenvalue weighted by molar-refractivity contribution is 8.00. The number of rotatable bonds is 7. The van der Waals surface area contributed by atoms with Gasteiger partial charge < -0.3 is 14.6 Å². The molecule has 166 valence electrons. The Kier molecular flexibility index (Phi) is 7.00. The largest absolute Gasteiger partial charge is 0.495 e. The Morgan fingerprint density at radius 2 is 1.75 bits per heavy atom. The third-order valence-electron chi connectivity index (χ3n) is 5.92. The third kappa shape index (κ3) is 5.25. The Morgan fingerprint density at radius 3 is 2.44 bits per heavy atom. The molecule has 1 aliphatic rings. The van der Waals surface area contributed by atoms with E-state index in [9.17, 15) is 9.18 Å². The van der Waals surface area contributed by atoms with Crippen molar-refractivity contribution in [1.29, 1.82) is 0 Å². The maximum atomic E-state index is 14.4. The van der Waals surface area contributed by atoms with Gasteiger partial charge in [0, 0.05) is 4.90 Å². The van der Waals surface area contributed by atoms with E-state index in [1.54, 1.807) is 12.1 Å². The molecule has 0 aromatic heterocycles. The van der Waals surface area contributed by atoms with Crippen LogP contribution in [0.4, 0.5) is 10.1 Å². The van der Waals surface area contributed by atoms with Gasteiger partial charge in [-0.25, -0.2) is 9.18 Å². The number of benzene rings is 3. The molecule has 0 amide bonds. The fraction of sp³-hybridized carbons (Fsp3) is 0.269. The van der Waals surface area contributed by atoms with Crippen LogP contribution in [0, 0.1) is 5.82 Å². The van der Waals surface area contributed by atoms with Crippen LogP contribution in [0.1, 0.15) is 53.9 Å². The van der Waals surface area contributed by atoms with Gasteiger partial charge >= 0.3 is 5.97 Å². The molecular weight excluding hydrogens is 425 g/mol. The van der Waals surface area contributed by atoms with E-state index < -0.39 is 5.97 Å². The molecule has 0 bridgehead atoms. The zero-order valence-electron chi connectivity index (χ0n) is 17.9. The van der Waals surface area contributed by atoms with E-state index in [1.807, 2.05) is 6.07 Å². The molecule has 6 heteroatoms. The van der Waals surface area contributed by atoms with E-state index in [4.69, 9.17) is 9.84 Å². The van der Waals surface area contributed by atoms with Crippen molar-refractivity contribution in [2.45, 2.75) is 42.9 Å². The molecule has 1 aliphatic carbocycles. The van der Waals surface area contributed by atoms with Crippen LogP contribution in [-0.4, -0.2) is 18.2 Å². The van der Waals surface area contributed by atoms with E-state index in [-0.39, 0.29) is 11.4 Å². The lowest BCUT2D eigenvalue weighted by Crippen LogP contribution is -2.04. The number of carbonyl (C=O) groups is 1. The molecule has 0 radical (unpaired) electrons. The maximum absolute atomic E-state index is 14.4. The van der Waals surface area contributed by atoms with Crippen molar-refractivity contribution in [3.05, 3.63) is 77.6 Å². The second-order valence-corrected chi connectivity index (χ2v) is 8.94. The second kappa shape index (κ2) is 10.1. The summed E-state index contributed by atoms with van der Waals surface area (Å²) in [6.45, 7) is 0. The van der Waals surface area contributed by atoms with Crippen molar-refractivity contribution < 1.29 is 19.0 Å². The van der Waals surface area contributed by atoms with E-state index in [0.29, 0.717) is 22.3 Å². The topological polar surface area (TPSA) is 58.6 Å². The monoisotopic (exact) mass is 451 g/mol. The van der Waals surface area contributed by atoms with Crippen molar-refractivity contribution in [1.82, 2.24) is 0 Å². The lowest BCUT2D eigenvalue weighted by atomic mass is 9.84. The molecule has 4 rings (SSSR count). The SMILES string of the molecule is COc1cc(C(=O)O)ccc1NSc1cc(F)cc(-c2ccc(C3CCCCC3)cc2)c1. The molecular formula is C26H26FNO3S. The first-order valence-electron chi connectivity index (χ1n) is 10.8. The normalized spacial score (nSPS) is 14.2. The van der Waals surface area contributed by atoms with Crippen LogP contribution < -0.4 is 9.46 Å². The fourth-order valence-corrected chi connectivity index (χ4v) is 4.95. The van der Waals surface area contributed by atoms with Crippen LogP contribution in [0.3, 0.4) is 0 Å². The molecule has 32 heavy (non-hydrogen) atoms. The molecule has 0 spiro atoms. The van der Waals surface area contributed by atoms with Crippen LogP contribution in [-0.2, 0) is 0 Å². The van der Waals surface area contributed by atoms with E-state index >= 15 is 0 Å². The average molecular weight is 452 g/mol. The summed E-state index contributed by atoms with van der Waals surface area (Å²) in [6, 6.07) is 18.1. The van der Waals surface area contributed by atoms with Gasteiger partial charge in [0.05, 0.1) is 18.4 Å². The minimum atomic E-state index is -1.02. The molecule has 3 aromatic rings. The lowest BCUT2D eigenvalue weighted by molar-refractivity contribution is 0.0696. The molecule has 2 N–H and O–H groups in total. The van der Waals surface area contributed by atoms with Crippen LogP contribution in [0.15, 0.2) is 65.6 Å². The number of hydrogen-bond donors (Lipinski definition) is 2. The highest BCUT2D eigenvalue weighted by atomic mass is 32.2. The van der Waals surface area contributed by atoms with Crippen molar-refractivity contribution in [2.75, 3.05) is 11.8 Å². The highest BCUT2D eigenvalue weighted by Gasteiger charge is 2.15. The summed E-state index contributed by atoms with van der Waals surface area (Å²) in [7, 11) is 1.48. The van der Waals surface area contributed by atoms with Gasteiger partial charge in [0.15, 0.2) is 0 Å². The van der Waals surface area contributed by atoms with Crippen LogP contribution in [0.2, 0.25) is 0 Å². The highest BCUT2D eigenvalue weighted by Crippen LogP contribution is 2.35. The summed E-state index contributed by atoms with van der Waals surface area (Å²) >= 11 is 1.25. The first-order chi connectivity index (χ1) is 15.5. The zero-order chi connectivity index (χ0) is 22.5. The molecule has 0 unspecified atom stereocenters. The summed E-state index contributed by atoms with van der Waals surface area (Å²) < 4.78 is 22.8. The number of aromatic carboxylic acids is 1. The fourth-order valence-electron chi connectivity index (χ4n) is 4.19. The standard InChI is InChI=1S/C26H26FNO3S/c1-31-25-15-20(26(29)30)11-12-24(25)28-32-23-14-21(13-22(27)16-23)19-9-7-18(8-10-19)17-5-3-2-4-6-17/h7-17,28H,2-6H2,1H3,(H,29,30). The number of hydrogen-bond acceptors (Lipinski definition) is 4. The van der Waals surface area contributed by atoms with Crippen molar-refractivity contribution in [3.8, 4) is 16.9 Å². The summed E-state index contributed by atoms with van der Waals surface area (Å²) in [6.07, 6.45) is 6.44. The quantitative estimate of drug-likeness (QED) is 0.367. The summed E-state index contributed by atoms with van der Waals surface area (Å²) in [5.41, 5.74) is 3.93. The Morgan fingerprint density at radius 1 is 1.00 bits per heavy atom. The Hall–Kier alpha value is -2.99. The van der Waals surface area contributed by atoms with Gasteiger partial charge in [-0.15, -0.1) is 0 Å². The van der Waals surface area contributed by atoms with Gasteiger partial charge in [0.2, 0.25) is 0 Å². The van der Waals surface area contributed by atoms with Crippen LogP contribution in [0.25, 0.3) is 11.1 Å². The first-order valence-corrected chi connectivity index (χ1v) is 11.6. The van der Waals surface area contributed by atoms with Gasteiger partial charge in [-0.3, -0.25) is 0 Å². The number of carboxylic acid groups (broad SMARTS) is 1. The molecule has 1 fully saturated rings. The van der Waals surface area contributed by atoms with Crippen LogP contribution in [0.5, 0.6) is 5.75 Å². The van der Waals surface area contributed by atoms with Gasteiger partial charge in [-0.1, -0.05) is 43.5 Å². The molecule has 0 saturated heterocycles. The minimum absolute atomic E-state index is 0.141. The van der Waals surface area contributed by atoms with Crippen molar-refractivity contribution in [3.63, 3.8) is 0 Å². The molecule has 1 saturated carbocycles. The number of nitrogens with one attached hydrogen (secondary N) is 1. The van der Waals surface area contributed by atoms with Crippen LogP contribution >= 0.6 is 11.9 Å². The molecule has 0 atom stereocenters. The third-order valence-corrected chi connectivity index (χ3v) is 6.71. The number of halogens is 1. The van der Waals surface area contributed by atoms with Gasteiger partial charge in [-0.2, -0.15) is 0 Å². The molecule has 0 aliphatic heterocycles. The predicted molar refractivity (Wildman–Crippen MR) is 127 cm³/mol. The molecule has 4 nitrogen and oxygen atoms in total. The number of ether oxygens (including phenoxy) is 1. The van der Waals surface area contributed by atoms with Gasteiger partial charge in [0.1, 0.15) is 11.6 Å².